The van der Waals surface area contributed by atoms with E-state index in [1.54, 1.807) is 17.5 Å². The molecule has 0 radical (unpaired) electrons. The van der Waals surface area contributed by atoms with E-state index < -0.39 is 0 Å². The number of pyridine rings is 1. The van der Waals surface area contributed by atoms with Crippen LogP contribution in [-0.2, 0) is 0 Å². The number of nitrogens with one attached hydrogen (secondary N) is 1. The molecule has 4 heterocycles. The van der Waals surface area contributed by atoms with Gasteiger partial charge in [0.1, 0.15) is 21.5 Å². The minimum absolute atomic E-state index is 0.0992. The van der Waals surface area contributed by atoms with E-state index in [1.165, 1.54) is 11.3 Å². The molecule has 27 heavy (non-hydrogen) atoms. The van der Waals surface area contributed by atoms with Gasteiger partial charge in [-0.25, -0.2) is 9.97 Å². The Labute approximate surface area is 170 Å². The van der Waals surface area contributed by atoms with Crippen molar-refractivity contribution in [3.63, 3.8) is 0 Å². The molecule has 0 unspecified atom stereocenters. The monoisotopic (exact) mass is 412 g/mol. The fraction of sp³-hybridized carbons (Fsp3) is 0.200. The molecule has 0 bridgehead atoms. The van der Waals surface area contributed by atoms with Crippen LogP contribution in [0.3, 0.4) is 0 Å². The number of hydrogen-bond donors (Lipinski definition) is 1. The molecule has 1 N–H and O–H groups in total. The number of thiophene rings is 1. The molecule has 7 heteroatoms. The van der Waals surface area contributed by atoms with Crippen molar-refractivity contribution < 1.29 is 0 Å². The van der Waals surface area contributed by atoms with Crippen molar-refractivity contribution in [2.24, 2.45) is 0 Å². The van der Waals surface area contributed by atoms with Gasteiger partial charge < -0.3 is 5.32 Å². The summed E-state index contributed by atoms with van der Waals surface area (Å²) >= 11 is 9.27. The summed E-state index contributed by atoms with van der Waals surface area (Å²) in [7, 11) is 0. The third kappa shape index (κ3) is 4.01. The number of aromatic nitrogens is 3. The SMILES string of the molecule is CC(C)(C)Nc1c(-c2ccc(C#Cc3ccccn3)s2)nc2sc(Cl)cn12. The third-order valence-corrected chi connectivity index (χ3v) is 5.72. The lowest BCUT2D eigenvalue weighted by molar-refractivity contribution is 0.630. The Morgan fingerprint density at radius 3 is 2.70 bits per heavy atom. The molecule has 4 rings (SSSR count). The number of nitrogens with zero attached hydrogens (tertiary/aromatic N) is 3. The summed E-state index contributed by atoms with van der Waals surface area (Å²) in [5, 5.41) is 3.56. The maximum Gasteiger partial charge on any atom is 0.197 e. The Hall–Kier alpha value is -2.33. The average molecular weight is 413 g/mol. The van der Waals surface area contributed by atoms with Gasteiger partial charge in [0.25, 0.3) is 0 Å². The van der Waals surface area contributed by atoms with Crippen molar-refractivity contribution in [2.75, 3.05) is 5.32 Å². The largest absolute Gasteiger partial charge is 0.365 e. The lowest BCUT2D eigenvalue weighted by Crippen LogP contribution is -2.27. The second-order valence-corrected chi connectivity index (χ2v) is 9.72. The summed E-state index contributed by atoms with van der Waals surface area (Å²) in [6, 6.07) is 9.81. The molecule has 0 amide bonds. The van der Waals surface area contributed by atoms with Crippen LogP contribution in [0.1, 0.15) is 31.3 Å². The lowest BCUT2D eigenvalue weighted by Gasteiger charge is -2.22. The maximum atomic E-state index is 6.18. The number of rotatable bonds is 2. The molecule has 0 aliphatic rings. The highest BCUT2D eigenvalue weighted by molar-refractivity contribution is 7.20. The van der Waals surface area contributed by atoms with E-state index in [2.05, 4.69) is 49.0 Å². The Kier molecular flexibility index (Phi) is 4.68. The molecule has 0 aliphatic carbocycles. The molecule has 0 spiro atoms. The van der Waals surface area contributed by atoms with Crippen molar-refractivity contribution in [2.45, 2.75) is 26.3 Å². The molecule has 0 saturated carbocycles. The van der Waals surface area contributed by atoms with Gasteiger partial charge in [0.2, 0.25) is 0 Å². The van der Waals surface area contributed by atoms with Crippen molar-refractivity contribution in [1.82, 2.24) is 14.4 Å². The van der Waals surface area contributed by atoms with Gasteiger partial charge in [-0.2, -0.15) is 0 Å². The molecule has 0 saturated heterocycles. The van der Waals surface area contributed by atoms with Crippen LogP contribution in [0, 0.1) is 11.8 Å². The van der Waals surface area contributed by atoms with Crippen LogP contribution >= 0.6 is 34.3 Å². The minimum Gasteiger partial charge on any atom is -0.365 e. The molecule has 0 fully saturated rings. The second kappa shape index (κ2) is 7.01. The number of fused-ring (bicyclic) bond motifs is 1. The molecule has 0 atom stereocenters. The Balaban J connectivity index is 1.73. The third-order valence-electron chi connectivity index (χ3n) is 3.61. The lowest BCUT2D eigenvalue weighted by atomic mass is 10.1. The van der Waals surface area contributed by atoms with Gasteiger partial charge in [-0.3, -0.25) is 4.40 Å². The Morgan fingerprint density at radius 2 is 1.96 bits per heavy atom. The highest BCUT2D eigenvalue weighted by Gasteiger charge is 2.21. The predicted molar refractivity (Wildman–Crippen MR) is 115 cm³/mol. The summed E-state index contributed by atoms with van der Waals surface area (Å²) in [4.78, 5) is 12.0. The first kappa shape index (κ1) is 18.1. The van der Waals surface area contributed by atoms with Gasteiger partial charge in [-0.05, 0) is 56.9 Å². The zero-order valence-corrected chi connectivity index (χ0v) is 17.5. The van der Waals surface area contributed by atoms with Gasteiger partial charge in [0, 0.05) is 17.9 Å². The van der Waals surface area contributed by atoms with Crippen LogP contribution in [0.2, 0.25) is 4.34 Å². The molecule has 0 aliphatic heterocycles. The molecular formula is C20H17ClN4S2. The highest BCUT2D eigenvalue weighted by Crippen LogP contribution is 2.37. The van der Waals surface area contributed by atoms with Crippen LogP contribution in [-0.4, -0.2) is 19.9 Å². The summed E-state index contributed by atoms with van der Waals surface area (Å²) in [5.74, 6) is 7.24. The normalized spacial score (nSPS) is 11.4. The molecule has 0 aromatic carbocycles. The van der Waals surface area contributed by atoms with Gasteiger partial charge in [0.15, 0.2) is 4.96 Å². The van der Waals surface area contributed by atoms with Crippen molar-refractivity contribution in [3.05, 3.63) is 57.6 Å². The summed E-state index contributed by atoms with van der Waals surface area (Å²) < 4.78 is 2.74. The number of imidazole rings is 1. The molecule has 4 nitrogen and oxygen atoms in total. The Bertz CT molecular complexity index is 1150. The van der Waals surface area contributed by atoms with Gasteiger partial charge >= 0.3 is 0 Å². The topological polar surface area (TPSA) is 42.2 Å². The fourth-order valence-corrected chi connectivity index (χ4v) is 4.43. The van der Waals surface area contributed by atoms with Crippen LogP contribution < -0.4 is 5.32 Å². The Morgan fingerprint density at radius 1 is 1.11 bits per heavy atom. The standard InChI is InChI=1S/C20H17ClN4S2/c1-20(2,3)24-18-17(23-19-25(18)12-16(21)27-19)15-10-9-14(26-15)8-7-13-6-4-5-11-22-13/h4-6,9-12,24H,1-3H3. The molecule has 4 aromatic heterocycles. The van der Waals surface area contributed by atoms with Crippen molar-refractivity contribution in [1.29, 1.82) is 0 Å². The summed E-state index contributed by atoms with van der Waals surface area (Å²) in [6.07, 6.45) is 3.65. The van der Waals surface area contributed by atoms with Crippen molar-refractivity contribution in [3.8, 4) is 22.4 Å². The molecule has 4 aromatic rings. The van der Waals surface area contributed by atoms with Crippen LogP contribution in [0.4, 0.5) is 5.82 Å². The minimum atomic E-state index is -0.0992. The number of halogens is 1. The van der Waals surface area contributed by atoms with E-state index in [9.17, 15) is 0 Å². The van der Waals surface area contributed by atoms with E-state index >= 15 is 0 Å². The molecule has 136 valence electrons. The van der Waals surface area contributed by atoms with E-state index in [-0.39, 0.29) is 5.54 Å². The highest BCUT2D eigenvalue weighted by atomic mass is 35.5. The average Bonchev–Trinajstić information content (AvgIpc) is 3.29. The summed E-state index contributed by atoms with van der Waals surface area (Å²) in [6.45, 7) is 6.38. The van der Waals surface area contributed by atoms with Crippen molar-refractivity contribution >= 4 is 45.1 Å². The summed E-state index contributed by atoms with van der Waals surface area (Å²) in [5.41, 5.74) is 1.58. The first-order valence-corrected chi connectivity index (χ1v) is 10.4. The van der Waals surface area contributed by atoms with Gasteiger partial charge in [0.05, 0.1) is 9.75 Å². The zero-order chi connectivity index (χ0) is 19.0. The zero-order valence-electron chi connectivity index (χ0n) is 15.1. The maximum absolute atomic E-state index is 6.18. The second-order valence-electron chi connectivity index (χ2n) is 7.00. The molecular weight excluding hydrogens is 396 g/mol. The van der Waals surface area contributed by atoms with Crippen LogP contribution in [0.5, 0.6) is 0 Å². The number of thiazole rings is 1. The van der Waals surface area contributed by atoms with E-state index in [1.807, 2.05) is 34.9 Å². The van der Waals surface area contributed by atoms with E-state index in [0.717, 1.165) is 31.9 Å². The smallest absolute Gasteiger partial charge is 0.197 e. The predicted octanol–water partition coefficient (Wildman–Crippen LogP) is 5.78. The van der Waals surface area contributed by atoms with Crippen LogP contribution in [0.15, 0.2) is 42.7 Å². The van der Waals surface area contributed by atoms with Crippen LogP contribution in [0.25, 0.3) is 15.5 Å². The van der Waals surface area contributed by atoms with E-state index in [0.29, 0.717) is 4.34 Å². The number of anilines is 1. The fourth-order valence-electron chi connectivity index (χ4n) is 2.56. The van der Waals surface area contributed by atoms with Gasteiger partial charge in [-0.15, -0.1) is 11.3 Å². The first-order chi connectivity index (χ1) is 12.9. The number of hydrogen-bond acceptors (Lipinski definition) is 5. The van der Waals surface area contributed by atoms with Gasteiger partial charge in [-0.1, -0.05) is 29.0 Å². The first-order valence-electron chi connectivity index (χ1n) is 8.38. The quantitative estimate of drug-likeness (QED) is 0.424. The van der Waals surface area contributed by atoms with E-state index in [4.69, 9.17) is 16.6 Å².